The van der Waals surface area contributed by atoms with E-state index in [1.165, 1.54) is 44.5 Å². The van der Waals surface area contributed by atoms with E-state index in [1.807, 2.05) is 32.0 Å². The molecule has 0 aromatic heterocycles. The van der Waals surface area contributed by atoms with E-state index >= 15 is 0 Å². The summed E-state index contributed by atoms with van der Waals surface area (Å²) in [6.45, 7) is 22.0. The number of hydrogen-bond acceptors (Lipinski definition) is 3. The van der Waals surface area contributed by atoms with Gasteiger partial charge in [0.15, 0.2) is 0 Å². The zero-order chi connectivity index (χ0) is 40.8. The van der Waals surface area contributed by atoms with Crippen LogP contribution in [-0.4, -0.2) is 28.5 Å². The van der Waals surface area contributed by atoms with Crippen LogP contribution in [0.2, 0.25) is 0 Å². The SMILES string of the molecule is CCC1=Cc2c(-c3ccc(C(C)(C)C)cc3)cccc2[CH]1[Zr][CH]1C(CC)=Cc2c(-c3ccc(C(C)(C)C)cc3)cccc21.Cc1cccc(C)c1O.OCCO. The van der Waals surface area contributed by atoms with E-state index in [0.29, 0.717) is 13.0 Å². The van der Waals surface area contributed by atoms with Crippen molar-refractivity contribution in [2.45, 2.75) is 100 Å². The van der Waals surface area contributed by atoms with Gasteiger partial charge in [-0.05, 0) is 25.0 Å². The van der Waals surface area contributed by atoms with Crippen LogP contribution in [-0.2, 0) is 34.1 Å². The van der Waals surface area contributed by atoms with E-state index in [2.05, 4.69) is 152 Å². The summed E-state index contributed by atoms with van der Waals surface area (Å²) in [5, 5.41) is 24.5. The van der Waals surface area contributed by atoms with Gasteiger partial charge in [-0.1, -0.05) is 18.2 Å². The smallest absolute Gasteiger partial charge is 0.121 e. The second-order valence-corrected chi connectivity index (χ2v) is 20.8. The third-order valence-electron chi connectivity index (χ3n) is 11.1. The first-order valence-electron chi connectivity index (χ1n) is 20.2. The average molecular weight is 826 g/mol. The summed E-state index contributed by atoms with van der Waals surface area (Å²) in [7, 11) is 0. The molecule has 0 amide bonds. The minimum atomic E-state index is -0.926. The van der Waals surface area contributed by atoms with E-state index in [1.54, 1.807) is 22.3 Å². The molecule has 2 aliphatic carbocycles. The fourth-order valence-corrected chi connectivity index (χ4v) is 13.1. The molecule has 5 aromatic carbocycles. The maximum atomic E-state index is 9.21. The Balaban J connectivity index is 0.000000394. The summed E-state index contributed by atoms with van der Waals surface area (Å²) in [6, 6.07) is 38.5. The summed E-state index contributed by atoms with van der Waals surface area (Å²) in [4.78, 5) is 0. The van der Waals surface area contributed by atoms with Gasteiger partial charge >= 0.3 is 273 Å². The maximum absolute atomic E-state index is 9.21. The maximum Gasteiger partial charge on any atom is 0.121 e. The molecular weight excluding hydrogens is 764 g/mol. The van der Waals surface area contributed by atoms with E-state index in [4.69, 9.17) is 10.2 Å². The molecule has 292 valence electrons. The number of aliphatic hydroxyl groups is 2. The van der Waals surface area contributed by atoms with Gasteiger partial charge < -0.3 is 15.3 Å². The Kier molecular flexibility index (Phi) is 14.4. The second kappa shape index (κ2) is 18.6. The van der Waals surface area contributed by atoms with Gasteiger partial charge in [-0.3, -0.25) is 0 Å². The van der Waals surface area contributed by atoms with Crippen molar-refractivity contribution in [2.24, 2.45) is 0 Å². The normalized spacial score (nSPS) is 15.7. The van der Waals surface area contributed by atoms with Crippen LogP contribution in [0.5, 0.6) is 5.75 Å². The molecule has 0 aliphatic heterocycles. The van der Waals surface area contributed by atoms with Gasteiger partial charge in [-0.2, -0.15) is 0 Å². The number of allylic oxidation sites excluding steroid dienone is 2. The molecule has 56 heavy (non-hydrogen) atoms. The standard InChI is InChI=1S/2C21H23.C8H10O.C2H6O2.Zr/c2*1-5-15-13-17-7-6-8-19(20(17)14-15)16-9-11-18(12-10-16)21(2,3)4;1-6-4-3-5-7(2)8(6)9;3-1-2-4;/h2*6-14H,5H2,1-4H3;3-5,9H,1-2H3;3-4H,1-2H2;. The fourth-order valence-electron chi connectivity index (χ4n) is 7.71. The zero-order valence-corrected chi connectivity index (χ0v) is 37.8. The molecule has 0 spiro atoms. The van der Waals surface area contributed by atoms with E-state index in [9.17, 15) is 5.11 Å². The minimum absolute atomic E-state index is 0.125. The summed E-state index contributed by atoms with van der Waals surface area (Å²) in [5.41, 5.74) is 19.9. The van der Waals surface area contributed by atoms with Crippen molar-refractivity contribution in [1.29, 1.82) is 0 Å². The number of para-hydroxylation sites is 1. The summed E-state index contributed by atoms with van der Waals surface area (Å²) in [5.74, 6) is 0.414. The van der Waals surface area contributed by atoms with Crippen LogP contribution in [0.3, 0.4) is 0 Å². The predicted molar refractivity (Wildman–Crippen MR) is 235 cm³/mol. The Morgan fingerprint density at radius 1 is 0.518 bits per heavy atom. The molecular formula is C52H62O3Zr. The number of fused-ring (bicyclic) bond motifs is 2. The van der Waals surface area contributed by atoms with Gasteiger partial charge in [0.25, 0.3) is 0 Å². The van der Waals surface area contributed by atoms with Crippen molar-refractivity contribution in [3.05, 3.63) is 159 Å². The first-order chi connectivity index (χ1) is 26.6. The Morgan fingerprint density at radius 2 is 0.875 bits per heavy atom. The van der Waals surface area contributed by atoms with Crippen molar-refractivity contribution >= 4 is 12.2 Å². The molecule has 4 heteroatoms. The van der Waals surface area contributed by atoms with Crippen LogP contribution in [0.1, 0.15) is 120 Å². The monoisotopic (exact) mass is 824 g/mol. The number of aliphatic hydroxyl groups excluding tert-OH is 2. The van der Waals surface area contributed by atoms with Gasteiger partial charge in [0, 0.05) is 0 Å². The van der Waals surface area contributed by atoms with Gasteiger partial charge in [0.2, 0.25) is 0 Å². The van der Waals surface area contributed by atoms with E-state index in [-0.39, 0.29) is 24.0 Å². The summed E-state index contributed by atoms with van der Waals surface area (Å²) >= 11 is -0.926. The van der Waals surface area contributed by atoms with Crippen molar-refractivity contribution in [1.82, 2.24) is 0 Å². The van der Waals surface area contributed by atoms with E-state index < -0.39 is 23.2 Å². The van der Waals surface area contributed by atoms with Gasteiger partial charge in [0.05, 0.1) is 13.2 Å². The van der Waals surface area contributed by atoms with Gasteiger partial charge in [-0.25, -0.2) is 0 Å². The van der Waals surface area contributed by atoms with Crippen LogP contribution in [0.15, 0.2) is 114 Å². The fraction of sp³-hybridized carbons (Fsp3) is 0.346. The molecule has 0 heterocycles. The topological polar surface area (TPSA) is 60.7 Å². The molecule has 5 aromatic rings. The van der Waals surface area contributed by atoms with Crippen LogP contribution >= 0.6 is 0 Å². The molecule has 0 radical (unpaired) electrons. The first-order valence-corrected chi connectivity index (χ1v) is 23.1. The number of aromatic hydroxyl groups is 1. The predicted octanol–water partition coefficient (Wildman–Crippen LogP) is 13.1. The Labute approximate surface area is 348 Å². The van der Waals surface area contributed by atoms with Crippen molar-refractivity contribution in [2.75, 3.05) is 13.2 Å². The molecule has 3 N–H and O–H groups in total. The molecule has 0 fully saturated rings. The minimum Gasteiger partial charge on any atom is -0.507 e. The largest absolute Gasteiger partial charge is 0.507 e. The van der Waals surface area contributed by atoms with Crippen molar-refractivity contribution in [3.63, 3.8) is 0 Å². The Bertz CT molecular complexity index is 2010. The Hall–Kier alpha value is -3.82. The molecule has 3 nitrogen and oxygen atoms in total. The number of aryl methyl sites for hydroxylation is 2. The van der Waals surface area contributed by atoms with Crippen LogP contribution in [0, 0.1) is 13.8 Å². The van der Waals surface area contributed by atoms with Gasteiger partial charge in [-0.15, -0.1) is 0 Å². The number of hydrogen-bond donors (Lipinski definition) is 3. The summed E-state index contributed by atoms with van der Waals surface area (Å²) < 4.78 is 1.25. The van der Waals surface area contributed by atoms with Crippen LogP contribution in [0.4, 0.5) is 0 Å². The molecule has 7 rings (SSSR count). The molecule has 2 atom stereocenters. The van der Waals surface area contributed by atoms with E-state index in [0.717, 1.165) is 24.0 Å². The third kappa shape index (κ3) is 9.82. The Morgan fingerprint density at radius 3 is 1.18 bits per heavy atom. The van der Waals surface area contributed by atoms with Crippen molar-refractivity contribution in [3.8, 4) is 28.0 Å². The first kappa shape index (κ1) is 43.3. The number of rotatable bonds is 7. The number of phenols is 1. The molecule has 0 saturated heterocycles. The molecule has 0 bridgehead atoms. The van der Waals surface area contributed by atoms with Crippen molar-refractivity contribution < 1.29 is 38.6 Å². The second-order valence-electron chi connectivity index (χ2n) is 17.1. The molecule has 2 aliphatic rings. The quantitative estimate of drug-likeness (QED) is 0.153. The number of benzene rings is 5. The van der Waals surface area contributed by atoms with Gasteiger partial charge in [0.1, 0.15) is 5.75 Å². The zero-order valence-electron chi connectivity index (χ0n) is 35.3. The average Bonchev–Trinajstić information content (AvgIpc) is 3.74. The summed E-state index contributed by atoms with van der Waals surface area (Å²) in [6.07, 6.45) is 7.39. The molecule has 0 saturated carbocycles. The molecule has 2 unspecified atom stereocenters. The number of phenolic OH excluding ortho intramolecular Hbond substituents is 1. The van der Waals surface area contributed by atoms with Crippen LogP contribution < -0.4 is 0 Å². The van der Waals surface area contributed by atoms with Crippen LogP contribution in [0.25, 0.3) is 34.4 Å². The third-order valence-corrected chi connectivity index (χ3v) is 16.1.